The van der Waals surface area contributed by atoms with Crippen molar-refractivity contribution in [1.82, 2.24) is 4.98 Å². The summed E-state index contributed by atoms with van der Waals surface area (Å²) in [4.78, 5) is 18.1. The molecular weight excluding hydrogens is 344 g/mol. The Kier molecular flexibility index (Phi) is 3.09. The first-order valence-corrected chi connectivity index (χ1v) is 9.41. The van der Waals surface area contributed by atoms with Gasteiger partial charge in [0, 0.05) is 34.2 Å². The summed E-state index contributed by atoms with van der Waals surface area (Å²) >= 11 is 0. The molecule has 1 N–H and O–H groups in total. The van der Waals surface area contributed by atoms with Crippen molar-refractivity contribution in [3.63, 3.8) is 0 Å². The van der Waals surface area contributed by atoms with Crippen LogP contribution in [0.5, 0.6) is 0 Å². The lowest BCUT2D eigenvalue weighted by molar-refractivity contribution is 0.105. The number of Topliss-reactive ketones (excluding diaryl/α,β-unsaturated/α-hetero) is 1. The van der Waals surface area contributed by atoms with Crippen LogP contribution in [-0.2, 0) is 0 Å². The average molecular weight is 360 g/mol. The lowest BCUT2D eigenvalue weighted by Gasteiger charge is -2.30. The van der Waals surface area contributed by atoms with Crippen LogP contribution in [-0.4, -0.2) is 10.8 Å². The van der Waals surface area contributed by atoms with Crippen molar-refractivity contribution in [3.8, 4) is 0 Å². The zero-order valence-electron chi connectivity index (χ0n) is 15.0. The highest BCUT2D eigenvalue weighted by Gasteiger charge is 2.40. The predicted molar refractivity (Wildman–Crippen MR) is 112 cm³/mol. The fourth-order valence-electron chi connectivity index (χ4n) is 4.51. The van der Waals surface area contributed by atoms with Gasteiger partial charge < -0.3 is 5.32 Å². The van der Waals surface area contributed by atoms with Crippen molar-refractivity contribution in [2.24, 2.45) is 0 Å². The molecule has 2 heterocycles. The lowest BCUT2D eigenvalue weighted by Crippen LogP contribution is -2.20. The van der Waals surface area contributed by atoms with E-state index in [2.05, 4.69) is 34.6 Å². The molecule has 1 aromatic heterocycles. The topological polar surface area (TPSA) is 42.0 Å². The van der Waals surface area contributed by atoms with Gasteiger partial charge in [0.05, 0.1) is 11.7 Å². The van der Waals surface area contributed by atoms with Crippen molar-refractivity contribution in [2.75, 3.05) is 5.32 Å². The minimum atomic E-state index is -0.155. The molecule has 3 heteroatoms. The highest BCUT2D eigenvalue weighted by molar-refractivity contribution is 6.43. The van der Waals surface area contributed by atoms with Gasteiger partial charge in [-0.3, -0.25) is 9.78 Å². The summed E-state index contributed by atoms with van der Waals surface area (Å²) in [6, 6.07) is 26.1. The largest absolute Gasteiger partial charge is 0.372 e. The fraction of sp³-hybridized carbons (Fsp3) is 0.0400. The number of carbonyl (C=O) groups excluding carboxylic acids is 1. The quantitative estimate of drug-likeness (QED) is 0.487. The molecule has 1 aliphatic heterocycles. The molecule has 28 heavy (non-hydrogen) atoms. The van der Waals surface area contributed by atoms with Gasteiger partial charge in [0.2, 0.25) is 0 Å². The Hall–Kier alpha value is -3.72. The summed E-state index contributed by atoms with van der Waals surface area (Å²) in [7, 11) is 0. The van der Waals surface area contributed by atoms with E-state index >= 15 is 0 Å². The molecule has 0 amide bonds. The van der Waals surface area contributed by atoms with Gasteiger partial charge in [0.25, 0.3) is 0 Å². The van der Waals surface area contributed by atoms with Crippen LogP contribution < -0.4 is 5.32 Å². The van der Waals surface area contributed by atoms with E-state index in [1.807, 2.05) is 54.6 Å². The molecule has 3 nitrogen and oxygen atoms in total. The molecular formula is C25H16N2O. The number of anilines is 1. The van der Waals surface area contributed by atoms with Crippen molar-refractivity contribution >= 4 is 33.4 Å². The average Bonchev–Trinajstić information content (AvgIpc) is 3.07. The van der Waals surface area contributed by atoms with Crippen LogP contribution in [0.3, 0.4) is 0 Å². The predicted octanol–water partition coefficient (Wildman–Crippen LogP) is 5.51. The molecule has 3 aromatic carbocycles. The fourth-order valence-corrected chi connectivity index (χ4v) is 4.51. The first kappa shape index (κ1) is 15.3. The molecule has 4 aromatic rings. The Labute approximate surface area is 162 Å². The van der Waals surface area contributed by atoms with Crippen LogP contribution in [0.15, 0.2) is 85.1 Å². The van der Waals surface area contributed by atoms with Crippen molar-refractivity contribution in [1.29, 1.82) is 0 Å². The number of rotatable bonds is 1. The smallest absolute Gasteiger partial charge is 0.194 e. The van der Waals surface area contributed by atoms with E-state index in [9.17, 15) is 4.79 Å². The first-order chi connectivity index (χ1) is 13.8. The number of hydrogen-bond donors (Lipinski definition) is 1. The third-order valence-electron chi connectivity index (χ3n) is 5.71. The number of carbonyl (C=O) groups is 1. The SMILES string of the molecule is O=C1C2=C(c3ccccc31)[C@@H](c1ccccn1)Nc1ccc3ccccc3c12. The minimum absolute atomic E-state index is 0.102. The molecule has 0 unspecified atom stereocenters. The van der Waals surface area contributed by atoms with E-state index in [-0.39, 0.29) is 11.8 Å². The van der Waals surface area contributed by atoms with Gasteiger partial charge in [-0.1, -0.05) is 60.7 Å². The third kappa shape index (κ3) is 1.99. The van der Waals surface area contributed by atoms with Gasteiger partial charge in [-0.15, -0.1) is 0 Å². The molecule has 6 rings (SSSR count). The molecule has 0 bridgehead atoms. The summed E-state index contributed by atoms with van der Waals surface area (Å²) in [5, 5.41) is 5.90. The van der Waals surface area contributed by atoms with Crippen LogP contribution in [0, 0.1) is 0 Å². The van der Waals surface area contributed by atoms with Crippen LogP contribution in [0.1, 0.15) is 33.2 Å². The summed E-state index contributed by atoms with van der Waals surface area (Å²) in [5.74, 6) is 0.102. The second kappa shape index (κ2) is 5.64. The number of ketones is 1. The molecule has 0 saturated carbocycles. The summed E-state index contributed by atoms with van der Waals surface area (Å²) < 4.78 is 0. The van der Waals surface area contributed by atoms with Crippen LogP contribution in [0.25, 0.3) is 21.9 Å². The first-order valence-electron chi connectivity index (χ1n) is 9.41. The zero-order chi connectivity index (χ0) is 18.7. The van der Waals surface area contributed by atoms with Crippen molar-refractivity contribution in [3.05, 3.63) is 107 Å². The second-order valence-electron chi connectivity index (χ2n) is 7.20. The second-order valence-corrected chi connectivity index (χ2v) is 7.20. The van der Waals surface area contributed by atoms with E-state index in [4.69, 9.17) is 0 Å². The molecule has 0 radical (unpaired) electrons. The number of nitrogens with zero attached hydrogens (tertiary/aromatic N) is 1. The molecule has 1 atom stereocenters. The Bertz CT molecular complexity index is 1300. The summed E-state index contributed by atoms with van der Waals surface area (Å²) in [5.41, 5.74) is 6.51. The van der Waals surface area contributed by atoms with E-state index in [0.717, 1.165) is 50.0 Å². The number of fused-ring (bicyclic) bond motifs is 6. The molecule has 0 spiro atoms. The van der Waals surface area contributed by atoms with Gasteiger partial charge >= 0.3 is 0 Å². The monoisotopic (exact) mass is 360 g/mol. The molecule has 132 valence electrons. The van der Waals surface area contributed by atoms with Crippen molar-refractivity contribution in [2.45, 2.75) is 6.04 Å². The molecule has 2 aliphatic rings. The number of nitrogens with one attached hydrogen (secondary N) is 1. The molecule has 0 saturated heterocycles. The normalized spacial score (nSPS) is 17.1. The lowest BCUT2D eigenvalue weighted by atomic mass is 9.85. The van der Waals surface area contributed by atoms with Crippen LogP contribution >= 0.6 is 0 Å². The minimum Gasteiger partial charge on any atom is -0.372 e. The van der Waals surface area contributed by atoms with Gasteiger partial charge in [-0.2, -0.15) is 0 Å². The number of allylic oxidation sites excluding steroid dienone is 1. The van der Waals surface area contributed by atoms with Crippen LogP contribution in [0.4, 0.5) is 5.69 Å². The van der Waals surface area contributed by atoms with Gasteiger partial charge in [-0.25, -0.2) is 0 Å². The molecule has 1 aliphatic carbocycles. The van der Waals surface area contributed by atoms with E-state index in [1.165, 1.54) is 0 Å². The Morgan fingerprint density at radius 2 is 1.57 bits per heavy atom. The molecule has 0 fully saturated rings. The van der Waals surface area contributed by atoms with Gasteiger partial charge in [0.1, 0.15) is 0 Å². The zero-order valence-corrected chi connectivity index (χ0v) is 15.0. The highest BCUT2D eigenvalue weighted by Crippen LogP contribution is 2.52. The van der Waals surface area contributed by atoms with Crippen molar-refractivity contribution < 1.29 is 4.79 Å². The summed E-state index contributed by atoms with van der Waals surface area (Å²) in [6.07, 6.45) is 1.80. The van der Waals surface area contributed by atoms with E-state index in [1.54, 1.807) is 6.20 Å². The standard InChI is InChI=1S/C25H16N2O/c28-25-18-10-4-3-9-17(18)22-23(25)21-16-8-2-1-7-15(16)12-13-19(21)27-24(22)20-11-5-6-14-26-20/h1-14,24,27H/t24-/m1/s1. The number of aromatic nitrogens is 1. The Morgan fingerprint density at radius 3 is 2.43 bits per heavy atom. The van der Waals surface area contributed by atoms with E-state index < -0.39 is 0 Å². The van der Waals surface area contributed by atoms with E-state index in [0.29, 0.717) is 0 Å². The Balaban J connectivity index is 1.72. The maximum absolute atomic E-state index is 13.5. The summed E-state index contributed by atoms with van der Waals surface area (Å²) in [6.45, 7) is 0. The maximum atomic E-state index is 13.5. The number of hydrogen-bond acceptors (Lipinski definition) is 3. The van der Waals surface area contributed by atoms with Gasteiger partial charge in [-0.05, 0) is 34.5 Å². The van der Waals surface area contributed by atoms with Gasteiger partial charge in [0.15, 0.2) is 5.78 Å². The number of benzene rings is 3. The number of pyridine rings is 1. The third-order valence-corrected chi connectivity index (χ3v) is 5.71. The van der Waals surface area contributed by atoms with Crippen LogP contribution in [0.2, 0.25) is 0 Å². The Morgan fingerprint density at radius 1 is 0.786 bits per heavy atom. The highest BCUT2D eigenvalue weighted by atomic mass is 16.1. The maximum Gasteiger partial charge on any atom is 0.194 e.